The summed E-state index contributed by atoms with van der Waals surface area (Å²) in [4.78, 5) is 8.38. The first-order valence-electron chi connectivity index (χ1n) is 10.9. The summed E-state index contributed by atoms with van der Waals surface area (Å²) in [7, 11) is 1.28. The Kier molecular flexibility index (Phi) is 6.74. The van der Waals surface area contributed by atoms with Gasteiger partial charge in [0.05, 0.1) is 19.0 Å². The summed E-state index contributed by atoms with van der Waals surface area (Å²) in [6.07, 6.45) is 4.73. The van der Waals surface area contributed by atoms with Crippen LogP contribution in [0.1, 0.15) is 11.5 Å². The maximum absolute atomic E-state index is 14.0. The summed E-state index contributed by atoms with van der Waals surface area (Å²) in [6.45, 7) is -0.893. The second kappa shape index (κ2) is 9.63. The molecule has 0 spiro atoms. The quantitative estimate of drug-likeness (QED) is 0.182. The summed E-state index contributed by atoms with van der Waals surface area (Å²) < 4.78 is 60.1. The molecule has 200 valence electrons. The molecular formula is C23H19ClF3N5O5S. The average molecular weight is 570 g/mol. The number of hydrogen-bond acceptors (Lipinski definition) is 10. The largest absolute Gasteiger partial charge is 0.446 e. The zero-order valence-electron chi connectivity index (χ0n) is 19.4. The molecule has 4 heterocycles. The summed E-state index contributed by atoms with van der Waals surface area (Å²) in [5.74, 6) is -4.66. The van der Waals surface area contributed by atoms with Crippen LogP contribution in [0.2, 0.25) is 0 Å². The molecule has 1 unspecified atom stereocenters. The number of pyridine rings is 1. The van der Waals surface area contributed by atoms with Gasteiger partial charge >= 0.3 is 0 Å². The highest BCUT2D eigenvalue weighted by molar-refractivity contribution is 7.80. The average Bonchev–Trinajstić information content (AvgIpc) is 3.63. The Balaban J connectivity index is 1.87. The Bertz CT molecular complexity index is 1430. The van der Waals surface area contributed by atoms with Crippen LogP contribution in [-0.4, -0.2) is 65.5 Å². The van der Waals surface area contributed by atoms with Crippen LogP contribution in [0.4, 0.5) is 13.2 Å². The van der Waals surface area contributed by atoms with Crippen molar-refractivity contribution < 1.29 is 37.3 Å². The summed E-state index contributed by atoms with van der Waals surface area (Å²) in [6, 6.07) is 4.59. The van der Waals surface area contributed by atoms with E-state index >= 15 is 0 Å². The van der Waals surface area contributed by atoms with Crippen molar-refractivity contribution in [2.24, 2.45) is 0 Å². The fraction of sp³-hybridized carbons (Fsp3) is 0.304. The fourth-order valence-corrected chi connectivity index (χ4v) is 5.75. The fourth-order valence-electron chi connectivity index (χ4n) is 4.84. The van der Waals surface area contributed by atoms with E-state index in [2.05, 4.69) is 32.9 Å². The van der Waals surface area contributed by atoms with E-state index in [0.717, 1.165) is 16.8 Å². The van der Waals surface area contributed by atoms with Crippen molar-refractivity contribution in [1.29, 1.82) is 0 Å². The van der Waals surface area contributed by atoms with Crippen LogP contribution >= 0.6 is 24.2 Å². The van der Waals surface area contributed by atoms with Crippen LogP contribution in [0.5, 0.6) is 0 Å². The summed E-state index contributed by atoms with van der Waals surface area (Å²) in [5.41, 5.74) is -5.45. The van der Waals surface area contributed by atoms with Gasteiger partial charge in [0.2, 0.25) is 11.5 Å². The topological polar surface area (TPSA) is 129 Å². The number of ether oxygens (including phenoxy) is 2. The van der Waals surface area contributed by atoms with Gasteiger partial charge in [-0.3, -0.25) is 4.98 Å². The van der Waals surface area contributed by atoms with Gasteiger partial charge in [-0.1, -0.05) is 22.9 Å². The summed E-state index contributed by atoms with van der Waals surface area (Å²) >= 11 is 11.2. The number of hydrogen-bond donors (Lipinski definition) is 3. The molecule has 1 saturated heterocycles. The number of nitrogens with zero attached hydrogens (tertiary/aromatic N) is 5. The highest BCUT2D eigenvalue weighted by atomic mass is 35.5. The van der Waals surface area contributed by atoms with Crippen molar-refractivity contribution in [3.05, 3.63) is 84.2 Å². The second-order valence-electron chi connectivity index (χ2n) is 8.40. The van der Waals surface area contributed by atoms with Crippen molar-refractivity contribution in [3.63, 3.8) is 0 Å². The van der Waals surface area contributed by atoms with E-state index in [1.54, 1.807) is 12.1 Å². The first kappa shape index (κ1) is 26.6. The normalized spacial score (nSPS) is 29.5. The Morgan fingerprint density at radius 1 is 1.24 bits per heavy atom. The number of aliphatic hydroxyl groups is 2. The van der Waals surface area contributed by atoms with Crippen LogP contribution in [0.15, 0.2) is 59.7 Å². The van der Waals surface area contributed by atoms with E-state index in [0.29, 0.717) is 0 Å². The molecule has 0 aliphatic carbocycles. The smallest absolute Gasteiger partial charge is 0.233 e. The van der Waals surface area contributed by atoms with Crippen LogP contribution in [0.3, 0.4) is 0 Å². The van der Waals surface area contributed by atoms with Crippen molar-refractivity contribution in [2.45, 2.75) is 27.7 Å². The summed E-state index contributed by atoms with van der Waals surface area (Å²) in [5, 5.41) is 28.1. The Hall–Kier alpha value is -3.01. The van der Waals surface area contributed by atoms with E-state index in [1.165, 1.54) is 38.2 Å². The van der Waals surface area contributed by atoms with Crippen LogP contribution in [0, 0.1) is 17.5 Å². The lowest BCUT2D eigenvalue weighted by molar-refractivity contribution is -0.289. The van der Waals surface area contributed by atoms with E-state index in [4.69, 9.17) is 25.5 Å². The number of aliphatic hydroxyl groups excluding tert-OH is 2. The van der Waals surface area contributed by atoms with Crippen LogP contribution in [-0.2, 0) is 20.6 Å². The van der Waals surface area contributed by atoms with E-state index in [1.807, 2.05) is 0 Å². The van der Waals surface area contributed by atoms with Crippen molar-refractivity contribution in [2.75, 3.05) is 13.7 Å². The monoisotopic (exact) mass is 569 g/mol. The molecule has 0 bridgehead atoms. The first-order valence-corrected chi connectivity index (χ1v) is 11.8. The third-order valence-corrected chi connectivity index (χ3v) is 7.43. The predicted octanol–water partition coefficient (Wildman–Crippen LogP) is 2.61. The lowest BCUT2D eigenvalue weighted by atomic mass is 9.67. The van der Waals surface area contributed by atoms with Gasteiger partial charge in [0.15, 0.2) is 28.1 Å². The van der Waals surface area contributed by atoms with Gasteiger partial charge in [0.1, 0.15) is 23.5 Å². The lowest BCUT2D eigenvalue weighted by Crippen LogP contribution is -2.75. The van der Waals surface area contributed by atoms with Crippen LogP contribution in [0.25, 0.3) is 11.3 Å². The van der Waals surface area contributed by atoms with E-state index < -0.39 is 51.8 Å². The number of methoxy groups -OCH3 is 1. The van der Waals surface area contributed by atoms with Gasteiger partial charge in [0, 0.05) is 30.6 Å². The molecule has 0 saturated carbocycles. The Morgan fingerprint density at radius 2 is 1.97 bits per heavy atom. The molecule has 15 heteroatoms. The SMILES string of the molecule is CO[C@@]1(c2ncco2)[C@@H](S)O[C@](Cl)(CO)[C@H](O)C1(c1cccnc1)n1cc(-c2cc(F)c(F)c(F)c2)nn1. The van der Waals surface area contributed by atoms with Gasteiger partial charge in [-0.25, -0.2) is 22.8 Å². The minimum atomic E-state index is -2.18. The molecule has 2 N–H and O–H groups in total. The van der Waals surface area contributed by atoms with Gasteiger partial charge < -0.3 is 24.1 Å². The van der Waals surface area contributed by atoms with Gasteiger partial charge in [-0.15, -0.1) is 17.7 Å². The second-order valence-corrected chi connectivity index (χ2v) is 9.51. The molecule has 3 aromatic heterocycles. The molecule has 5 atom stereocenters. The lowest BCUT2D eigenvalue weighted by Gasteiger charge is -2.58. The molecular weight excluding hydrogens is 551 g/mol. The number of thiol groups is 1. The molecule has 10 nitrogen and oxygen atoms in total. The van der Waals surface area contributed by atoms with Crippen molar-refractivity contribution in [3.8, 4) is 11.3 Å². The molecule has 4 aromatic rings. The Labute approximate surface area is 223 Å². The van der Waals surface area contributed by atoms with Gasteiger partial charge in [-0.05, 0) is 18.2 Å². The highest BCUT2D eigenvalue weighted by Gasteiger charge is 2.75. The first-order chi connectivity index (χ1) is 18.2. The minimum Gasteiger partial charge on any atom is -0.446 e. The third kappa shape index (κ3) is 3.59. The maximum atomic E-state index is 14.0. The van der Waals surface area contributed by atoms with Gasteiger partial charge in [0.25, 0.3) is 0 Å². The zero-order valence-corrected chi connectivity index (χ0v) is 21.0. The molecule has 38 heavy (non-hydrogen) atoms. The molecule has 1 aliphatic rings. The number of rotatable bonds is 6. The highest BCUT2D eigenvalue weighted by Crippen LogP contribution is 2.58. The number of benzene rings is 1. The third-order valence-electron chi connectivity index (χ3n) is 6.55. The van der Waals surface area contributed by atoms with E-state index in [-0.39, 0.29) is 22.7 Å². The zero-order chi connectivity index (χ0) is 27.3. The molecule has 5 rings (SSSR count). The number of halogens is 4. The predicted molar refractivity (Wildman–Crippen MR) is 127 cm³/mol. The van der Waals surface area contributed by atoms with E-state index in [9.17, 15) is 23.4 Å². The van der Waals surface area contributed by atoms with Crippen LogP contribution < -0.4 is 0 Å². The maximum Gasteiger partial charge on any atom is 0.233 e. The van der Waals surface area contributed by atoms with Crippen molar-refractivity contribution >= 4 is 24.2 Å². The van der Waals surface area contributed by atoms with Crippen molar-refractivity contribution in [1.82, 2.24) is 25.0 Å². The molecule has 1 aliphatic heterocycles. The molecule has 1 aromatic carbocycles. The number of alkyl halides is 1. The molecule has 1 fully saturated rings. The Morgan fingerprint density at radius 3 is 2.55 bits per heavy atom. The number of aromatic nitrogens is 5. The minimum absolute atomic E-state index is 0.109. The standard InChI is InChI=1S/C23H19ClF3N5O5S/c1-35-23(19-29-5-6-36-19)20(38)37-21(24,11-33)18(34)22(23,13-3-2-4-28-9-13)32-10-16(30-31-32)12-7-14(25)17(27)15(26)8-12/h2-10,18,20,33-34,38H,11H2,1H3/t18-,20+,21+,22?,23-/m0/s1. The number of oxazole rings is 1. The molecule has 0 amide bonds. The van der Waals surface area contributed by atoms with Gasteiger partial charge in [-0.2, -0.15) is 0 Å². The molecule has 0 radical (unpaired) electrons.